The van der Waals surface area contributed by atoms with Crippen molar-refractivity contribution in [2.75, 3.05) is 6.61 Å². The van der Waals surface area contributed by atoms with Crippen molar-refractivity contribution < 1.29 is 4.74 Å². The number of rotatable bonds is 4. The first-order chi connectivity index (χ1) is 7.40. The van der Waals surface area contributed by atoms with E-state index in [0.29, 0.717) is 6.10 Å². The smallest absolute Gasteiger partial charge is 0.0795 e. The van der Waals surface area contributed by atoms with E-state index in [1.54, 1.807) is 0 Å². The Kier molecular flexibility index (Phi) is 2.44. The monoisotopic (exact) mass is 204 g/mol. The largest absolute Gasteiger partial charge is 0.374 e. The number of ether oxygens (including phenoxy) is 1. The van der Waals surface area contributed by atoms with Crippen LogP contribution in [0.4, 0.5) is 0 Å². The van der Waals surface area contributed by atoms with E-state index in [4.69, 9.17) is 4.74 Å². The van der Waals surface area contributed by atoms with Crippen LogP contribution in [0.1, 0.15) is 26.2 Å². The summed E-state index contributed by atoms with van der Waals surface area (Å²) in [6.45, 7) is 3.16. The summed E-state index contributed by atoms with van der Waals surface area (Å²) in [7, 11) is 0. The second-order valence-electron chi connectivity index (χ2n) is 5.18. The molecule has 0 aromatic carbocycles. The zero-order valence-corrected chi connectivity index (χ0v) is 9.43. The van der Waals surface area contributed by atoms with Crippen molar-refractivity contribution in [1.29, 1.82) is 0 Å². The highest BCUT2D eigenvalue weighted by atomic mass is 16.5. The van der Waals surface area contributed by atoms with E-state index in [1.807, 2.05) is 0 Å². The first kappa shape index (κ1) is 9.65. The minimum Gasteiger partial charge on any atom is -0.374 e. The average molecular weight is 204 g/mol. The molecule has 0 spiro atoms. The number of hydrogen-bond acceptors (Lipinski definition) is 1. The molecule has 82 valence electrons. The van der Waals surface area contributed by atoms with Gasteiger partial charge in [0.1, 0.15) is 0 Å². The first-order valence-corrected chi connectivity index (χ1v) is 6.38. The topological polar surface area (TPSA) is 9.23 Å². The Hall–Kier alpha value is -0.560. The van der Waals surface area contributed by atoms with Crippen LogP contribution in [0.3, 0.4) is 0 Å². The van der Waals surface area contributed by atoms with E-state index >= 15 is 0 Å². The van der Waals surface area contributed by atoms with Crippen molar-refractivity contribution in [2.24, 2.45) is 23.7 Å². The highest BCUT2D eigenvalue weighted by Gasteiger charge is 2.49. The van der Waals surface area contributed by atoms with Gasteiger partial charge in [0, 0.05) is 12.5 Å². The van der Waals surface area contributed by atoms with Crippen molar-refractivity contribution in [3.63, 3.8) is 0 Å². The van der Waals surface area contributed by atoms with E-state index in [-0.39, 0.29) is 0 Å². The molecule has 1 fully saturated rings. The predicted octanol–water partition coefficient (Wildman–Crippen LogP) is 3.18. The molecular formula is C14H20O. The van der Waals surface area contributed by atoms with Crippen LogP contribution < -0.4 is 0 Å². The van der Waals surface area contributed by atoms with Gasteiger partial charge in [0.15, 0.2) is 0 Å². The highest BCUT2D eigenvalue weighted by Crippen LogP contribution is 2.53. The first-order valence-electron chi connectivity index (χ1n) is 6.38. The van der Waals surface area contributed by atoms with Crippen LogP contribution in [-0.4, -0.2) is 12.7 Å². The van der Waals surface area contributed by atoms with E-state index in [1.165, 1.54) is 19.3 Å². The molecule has 15 heavy (non-hydrogen) atoms. The summed E-state index contributed by atoms with van der Waals surface area (Å²) in [6.07, 6.45) is 13.8. The van der Waals surface area contributed by atoms with Gasteiger partial charge in [-0.25, -0.2) is 0 Å². The molecule has 1 nitrogen and oxygen atoms in total. The third-order valence-corrected chi connectivity index (χ3v) is 4.29. The van der Waals surface area contributed by atoms with Crippen LogP contribution in [0.15, 0.2) is 24.3 Å². The van der Waals surface area contributed by atoms with Crippen molar-refractivity contribution in [2.45, 2.75) is 32.3 Å². The maximum absolute atomic E-state index is 5.99. The highest BCUT2D eigenvalue weighted by molar-refractivity contribution is 5.24. The fraction of sp³-hybridized carbons (Fsp3) is 0.714. The lowest BCUT2D eigenvalue weighted by molar-refractivity contribution is 0.0338. The van der Waals surface area contributed by atoms with Crippen LogP contribution in [0.25, 0.3) is 0 Å². The van der Waals surface area contributed by atoms with Gasteiger partial charge in [0.2, 0.25) is 0 Å². The van der Waals surface area contributed by atoms with Gasteiger partial charge in [-0.3, -0.25) is 0 Å². The summed E-state index contributed by atoms with van der Waals surface area (Å²) in [4.78, 5) is 0. The maximum atomic E-state index is 5.99. The lowest BCUT2D eigenvalue weighted by atomic mass is 9.84. The van der Waals surface area contributed by atoms with E-state index in [2.05, 4.69) is 31.2 Å². The second-order valence-corrected chi connectivity index (χ2v) is 5.18. The summed E-state index contributed by atoms with van der Waals surface area (Å²) in [6, 6.07) is 0. The lowest BCUT2D eigenvalue weighted by Gasteiger charge is -2.26. The molecule has 1 heteroatoms. The van der Waals surface area contributed by atoms with Crippen molar-refractivity contribution >= 4 is 0 Å². The van der Waals surface area contributed by atoms with Gasteiger partial charge in [-0.15, -0.1) is 0 Å². The van der Waals surface area contributed by atoms with E-state index in [9.17, 15) is 0 Å². The number of fused-ring (bicyclic) bond motifs is 5. The number of allylic oxidation sites excluding steroid dienone is 3. The van der Waals surface area contributed by atoms with E-state index < -0.39 is 0 Å². The molecule has 0 aromatic rings. The fourth-order valence-corrected chi connectivity index (χ4v) is 3.53. The molecule has 0 aromatic heterocycles. The third-order valence-electron chi connectivity index (χ3n) is 4.29. The second kappa shape index (κ2) is 3.79. The van der Waals surface area contributed by atoms with Crippen molar-refractivity contribution in [3.8, 4) is 0 Å². The lowest BCUT2D eigenvalue weighted by Crippen LogP contribution is -2.26. The van der Waals surface area contributed by atoms with Crippen LogP contribution in [0, 0.1) is 23.7 Å². The van der Waals surface area contributed by atoms with Gasteiger partial charge in [-0.2, -0.15) is 0 Å². The van der Waals surface area contributed by atoms with Gasteiger partial charge in [-0.05, 0) is 30.6 Å². The quantitative estimate of drug-likeness (QED) is 0.505. The predicted molar refractivity (Wildman–Crippen MR) is 61.5 cm³/mol. The summed E-state index contributed by atoms with van der Waals surface area (Å²) in [5.74, 6) is 3.21. The molecule has 0 heterocycles. The molecule has 0 aliphatic heterocycles. The Balaban J connectivity index is 1.63. The molecule has 0 amide bonds. The molecule has 5 unspecified atom stereocenters. The van der Waals surface area contributed by atoms with Crippen molar-refractivity contribution in [1.82, 2.24) is 0 Å². The van der Waals surface area contributed by atoms with Crippen molar-refractivity contribution in [3.05, 3.63) is 24.3 Å². The molecule has 3 aliphatic carbocycles. The Morgan fingerprint density at radius 1 is 1.13 bits per heavy atom. The minimum absolute atomic E-state index is 0.418. The molecule has 0 saturated heterocycles. The van der Waals surface area contributed by atoms with Gasteiger partial charge in [0.25, 0.3) is 0 Å². The SMILES string of the molecule is CCCCOC1C=CC2C3C=CC(C3)C12. The molecule has 0 radical (unpaired) electrons. The van der Waals surface area contributed by atoms with Gasteiger partial charge < -0.3 is 4.74 Å². The van der Waals surface area contributed by atoms with E-state index in [0.717, 1.165) is 30.3 Å². The van der Waals surface area contributed by atoms with Crippen LogP contribution >= 0.6 is 0 Å². The third kappa shape index (κ3) is 1.48. The fourth-order valence-electron chi connectivity index (χ4n) is 3.53. The van der Waals surface area contributed by atoms with Crippen LogP contribution in [0.2, 0.25) is 0 Å². The summed E-state index contributed by atoms with van der Waals surface area (Å²) in [5.41, 5.74) is 0. The summed E-state index contributed by atoms with van der Waals surface area (Å²) >= 11 is 0. The Labute approximate surface area is 92.2 Å². The van der Waals surface area contributed by atoms with Crippen LogP contribution in [0.5, 0.6) is 0 Å². The minimum atomic E-state index is 0.418. The Bertz CT molecular complexity index is 292. The molecule has 2 bridgehead atoms. The zero-order chi connectivity index (χ0) is 10.3. The normalized spacial score (nSPS) is 45.3. The molecule has 0 N–H and O–H groups in total. The standard InChI is InChI=1S/C14H20O/c1-2-3-8-15-13-7-6-12-10-4-5-11(9-10)14(12)13/h4-7,10-14H,2-3,8-9H2,1H3. The summed E-state index contributed by atoms with van der Waals surface area (Å²) in [5, 5.41) is 0. The van der Waals surface area contributed by atoms with Gasteiger partial charge >= 0.3 is 0 Å². The zero-order valence-electron chi connectivity index (χ0n) is 9.43. The number of unbranched alkanes of at least 4 members (excludes halogenated alkanes) is 1. The van der Waals surface area contributed by atoms with Gasteiger partial charge in [-0.1, -0.05) is 37.6 Å². The molecule has 1 saturated carbocycles. The Morgan fingerprint density at radius 2 is 2.00 bits per heavy atom. The summed E-state index contributed by atoms with van der Waals surface area (Å²) < 4.78 is 5.99. The molecule has 3 aliphatic rings. The average Bonchev–Trinajstić information content (AvgIpc) is 2.89. The molecule has 5 atom stereocenters. The van der Waals surface area contributed by atoms with Gasteiger partial charge in [0.05, 0.1) is 6.10 Å². The maximum Gasteiger partial charge on any atom is 0.0795 e. The molecule has 3 rings (SSSR count). The Morgan fingerprint density at radius 3 is 2.87 bits per heavy atom. The molecular weight excluding hydrogens is 184 g/mol. The number of hydrogen-bond donors (Lipinski definition) is 0. The van der Waals surface area contributed by atoms with Crippen LogP contribution in [-0.2, 0) is 4.74 Å².